The predicted octanol–water partition coefficient (Wildman–Crippen LogP) is 4.39. The van der Waals surface area contributed by atoms with Gasteiger partial charge in [-0.25, -0.2) is 0 Å². The monoisotopic (exact) mass is 373 g/mol. The molecule has 0 saturated carbocycles. The maximum Gasteiger partial charge on any atom is 0.276 e. The number of benzene rings is 1. The minimum atomic E-state index is 0.128. The van der Waals surface area contributed by atoms with Crippen LogP contribution in [0.15, 0.2) is 27.8 Å². The van der Waals surface area contributed by atoms with Gasteiger partial charge in [-0.3, -0.25) is 4.79 Å². The molecule has 0 bridgehead atoms. The summed E-state index contributed by atoms with van der Waals surface area (Å²) in [5.41, 5.74) is 0.634. The maximum absolute atomic E-state index is 11.9. The van der Waals surface area contributed by atoms with Gasteiger partial charge < -0.3 is 9.32 Å². The molecule has 0 unspecified atom stereocenters. The van der Waals surface area contributed by atoms with E-state index in [1.807, 2.05) is 13.8 Å². The highest BCUT2D eigenvalue weighted by Crippen LogP contribution is 2.31. The Labute approximate surface area is 149 Å². The molecule has 5 nitrogen and oxygen atoms in total. The summed E-state index contributed by atoms with van der Waals surface area (Å²) in [5.74, 6) is 1.05. The SMILES string of the molecule is CCN(CC)C(=O)CCSc1nnc(-c2ccc(Cl)cc2Cl)o1. The summed E-state index contributed by atoms with van der Waals surface area (Å²) in [5, 5.41) is 9.36. The summed E-state index contributed by atoms with van der Waals surface area (Å²) in [6.45, 7) is 5.38. The molecule has 0 radical (unpaired) electrons. The van der Waals surface area contributed by atoms with E-state index in [4.69, 9.17) is 27.6 Å². The van der Waals surface area contributed by atoms with Gasteiger partial charge in [-0.05, 0) is 32.0 Å². The average Bonchev–Trinajstić information content (AvgIpc) is 2.97. The van der Waals surface area contributed by atoms with Crippen molar-refractivity contribution in [3.63, 3.8) is 0 Å². The Kier molecular flexibility index (Phi) is 6.74. The summed E-state index contributed by atoms with van der Waals surface area (Å²) in [7, 11) is 0. The fourth-order valence-electron chi connectivity index (χ4n) is 2.00. The molecular formula is C15H17Cl2N3O2S. The smallest absolute Gasteiger partial charge is 0.276 e. The maximum atomic E-state index is 11.9. The minimum absolute atomic E-state index is 0.128. The van der Waals surface area contributed by atoms with Crippen LogP contribution in [0.25, 0.3) is 11.5 Å². The van der Waals surface area contributed by atoms with E-state index in [-0.39, 0.29) is 5.91 Å². The number of hydrogen-bond donors (Lipinski definition) is 0. The second-order valence-electron chi connectivity index (χ2n) is 4.66. The zero-order valence-corrected chi connectivity index (χ0v) is 15.2. The Morgan fingerprint density at radius 3 is 2.65 bits per heavy atom. The Hall–Kier alpha value is -1.24. The lowest BCUT2D eigenvalue weighted by molar-refractivity contribution is -0.130. The molecule has 0 aliphatic rings. The molecule has 8 heteroatoms. The van der Waals surface area contributed by atoms with Crippen LogP contribution >= 0.6 is 35.0 Å². The fourth-order valence-corrected chi connectivity index (χ4v) is 3.18. The largest absolute Gasteiger partial charge is 0.411 e. The second kappa shape index (κ2) is 8.57. The van der Waals surface area contributed by atoms with E-state index in [0.29, 0.717) is 38.9 Å². The molecule has 2 aromatic rings. The van der Waals surface area contributed by atoms with Gasteiger partial charge in [-0.15, -0.1) is 10.2 Å². The number of thioether (sulfide) groups is 1. The lowest BCUT2D eigenvalue weighted by atomic mass is 10.2. The molecule has 1 heterocycles. The van der Waals surface area contributed by atoms with Gasteiger partial charge in [0, 0.05) is 30.3 Å². The topological polar surface area (TPSA) is 59.2 Å². The van der Waals surface area contributed by atoms with Crippen LogP contribution in [0.5, 0.6) is 0 Å². The van der Waals surface area contributed by atoms with Gasteiger partial charge in [0.1, 0.15) is 0 Å². The van der Waals surface area contributed by atoms with E-state index in [0.717, 1.165) is 13.1 Å². The summed E-state index contributed by atoms with van der Waals surface area (Å²) >= 11 is 13.3. The summed E-state index contributed by atoms with van der Waals surface area (Å²) in [6, 6.07) is 5.07. The Bertz CT molecular complexity index is 674. The van der Waals surface area contributed by atoms with Gasteiger partial charge in [-0.2, -0.15) is 0 Å². The summed E-state index contributed by atoms with van der Waals surface area (Å²) < 4.78 is 5.57. The zero-order chi connectivity index (χ0) is 16.8. The quantitative estimate of drug-likeness (QED) is 0.673. The van der Waals surface area contributed by atoms with E-state index >= 15 is 0 Å². The highest BCUT2D eigenvalue weighted by Gasteiger charge is 2.14. The molecule has 0 aliphatic heterocycles. The lowest BCUT2D eigenvalue weighted by Gasteiger charge is -2.17. The Morgan fingerprint density at radius 2 is 2.00 bits per heavy atom. The van der Waals surface area contributed by atoms with E-state index in [1.54, 1.807) is 23.1 Å². The van der Waals surface area contributed by atoms with Crippen molar-refractivity contribution >= 4 is 40.9 Å². The van der Waals surface area contributed by atoms with Gasteiger partial charge in [0.25, 0.3) is 5.22 Å². The van der Waals surface area contributed by atoms with Crippen molar-refractivity contribution in [2.45, 2.75) is 25.5 Å². The molecule has 2 rings (SSSR count). The first-order valence-corrected chi connectivity index (χ1v) is 8.98. The van der Waals surface area contributed by atoms with Crippen LogP contribution in [0.3, 0.4) is 0 Å². The van der Waals surface area contributed by atoms with Gasteiger partial charge in [-0.1, -0.05) is 35.0 Å². The highest BCUT2D eigenvalue weighted by atomic mass is 35.5. The molecule has 0 fully saturated rings. The first-order valence-electron chi connectivity index (χ1n) is 7.24. The van der Waals surface area contributed by atoms with Gasteiger partial charge in [0.05, 0.1) is 10.6 Å². The summed E-state index contributed by atoms with van der Waals surface area (Å²) in [4.78, 5) is 13.7. The zero-order valence-electron chi connectivity index (χ0n) is 12.9. The molecule has 124 valence electrons. The molecule has 0 spiro atoms. The molecule has 1 amide bonds. The third kappa shape index (κ3) is 4.86. The highest BCUT2D eigenvalue weighted by molar-refractivity contribution is 7.99. The first kappa shape index (κ1) is 18.1. The van der Waals surface area contributed by atoms with E-state index in [9.17, 15) is 4.79 Å². The molecule has 0 saturated heterocycles. The second-order valence-corrected chi connectivity index (χ2v) is 6.55. The number of nitrogens with zero attached hydrogens (tertiary/aromatic N) is 3. The number of hydrogen-bond acceptors (Lipinski definition) is 5. The summed E-state index contributed by atoms with van der Waals surface area (Å²) in [6.07, 6.45) is 0.436. The van der Waals surface area contributed by atoms with Crippen molar-refractivity contribution in [1.82, 2.24) is 15.1 Å². The van der Waals surface area contributed by atoms with Crippen molar-refractivity contribution in [1.29, 1.82) is 0 Å². The fraction of sp³-hybridized carbons (Fsp3) is 0.400. The molecule has 0 N–H and O–H groups in total. The number of amides is 1. The number of carbonyl (C=O) groups is 1. The van der Waals surface area contributed by atoms with E-state index in [1.165, 1.54) is 11.8 Å². The van der Waals surface area contributed by atoms with Crippen molar-refractivity contribution in [2.24, 2.45) is 0 Å². The van der Waals surface area contributed by atoms with Crippen molar-refractivity contribution < 1.29 is 9.21 Å². The van der Waals surface area contributed by atoms with Crippen LogP contribution in [0.2, 0.25) is 10.0 Å². The van der Waals surface area contributed by atoms with Crippen LogP contribution in [0.4, 0.5) is 0 Å². The number of halogens is 2. The molecule has 23 heavy (non-hydrogen) atoms. The normalized spacial score (nSPS) is 10.8. The third-order valence-corrected chi connectivity index (χ3v) is 4.59. The van der Waals surface area contributed by atoms with Crippen LogP contribution in [-0.4, -0.2) is 39.8 Å². The molecular weight excluding hydrogens is 357 g/mol. The Balaban J connectivity index is 1.94. The lowest BCUT2D eigenvalue weighted by Crippen LogP contribution is -2.30. The van der Waals surface area contributed by atoms with Crippen LogP contribution in [0, 0.1) is 0 Å². The third-order valence-electron chi connectivity index (χ3n) is 3.23. The Morgan fingerprint density at radius 1 is 1.26 bits per heavy atom. The molecule has 1 aromatic heterocycles. The first-order chi connectivity index (χ1) is 11.0. The standard InChI is InChI=1S/C15H17Cl2N3O2S/c1-3-20(4-2)13(21)7-8-23-15-19-18-14(22-15)11-6-5-10(16)9-12(11)17/h5-6,9H,3-4,7-8H2,1-2H3. The minimum Gasteiger partial charge on any atom is -0.411 e. The van der Waals surface area contributed by atoms with Crippen LogP contribution in [0.1, 0.15) is 20.3 Å². The van der Waals surface area contributed by atoms with E-state index in [2.05, 4.69) is 10.2 Å². The van der Waals surface area contributed by atoms with Gasteiger partial charge in [0.2, 0.25) is 11.8 Å². The predicted molar refractivity (Wildman–Crippen MR) is 93.0 cm³/mol. The van der Waals surface area contributed by atoms with Crippen molar-refractivity contribution in [2.75, 3.05) is 18.8 Å². The van der Waals surface area contributed by atoms with Crippen molar-refractivity contribution in [3.05, 3.63) is 28.2 Å². The molecule has 0 aliphatic carbocycles. The average molecular weight is 374 g/mol. The van der Waals surface area contributed by atoms with Crippen LogP contribution in [-0.2, 0) is 4.79 Å². The van der Waals surface area contributed by atoms with Gasteiger partial charge in [0.15, 0.2) is 0 Å². The van der Waals surface area contributed by atoms with E-state index < -0.39 is 0 Å². The van der Waals surface area contributed by atoms with Gasteiger partial charge >= 0.3 is 0 Å². The number of rotatable bonds is 7. The number of aromatic nitrogens is 2. The molecule has 0 atom stereocenters. The van der Waals surface area contributed by atoms with Crippen molar-refractivity contribution in [3.8, 4) is 11.5 Å². The van der Waals surface area contributed by atoms with Crippen LogP contribution < -0.4 is 0 Å². The number of carbonyl (C=O) groups excluding carboxylic acids is 1. The molecule has 1 aromatic carbocycles.